The van der Waals surface area contributed by atoms with Gasteiger partial charge in [-0.3, -0.25) is 19.8 Å². The van der Waals surface area contributed by atoms with Gasteiger partial charge in [-0.1, -0.05) is 12.2 Å². The van der Waals surface area contributed by atoms with Crippen LogP contribution in [0.3, 0.4) is 0 Å². The average Bonchev–Trinajstić information content (AvgIpc) is 2.17. The van der Waals surface area contributed by atoms with Gasteiger partial charge in [0, 0.05) is 6.54 Å². The minimum absolute atomic E-state index is 0.282. The molecule has 0 bridgehead atoms. The number of nitrogens with one attached hydrogen (secondary N) is 1. The Morgan fingerprint density at radius 3 is 2.60 bits per heavy atom. The van der Waals surface area contributed by atoms with Gasteiger partial charge in [0.1, 0.15) is 5.92 Å². The number of amides is 4. The van der Waals surface area contributed by atoms with E-state index in [1.54, 1.807) is 19.1 Å². The molecule has 0 aliphatic carbocycles. The van der Waals surface area contributed by atoms with Crippen LogP contribution >= 0.6 is 0 Å². The van der Waals surface area contributed by atoms with Crippen molar-refractivity contribution < 1.29 is 14.4 Å². The van der Waals surface area contributed by atoms with E-state index in [0.29, 0.717) is 6.42 Å². The summed E-state index contributed by atoms with van der Waals surface area (Å²) in [5, 5.41) is 2.16. The summed E-state index contributed by atoms with van der Waals surface area (Å²) in [4.78, 5) is 35.3. The number of barbiturate groups is 1. The fraction of sp³-hybridized carbons (Fsp3) is 0.500. The number of urea groups is 1. The van der Waals surface area contributed by atoms with E-state index in [-0.39, 0.29) is 6.54 Å². The fourth-order valence-electron chi connectivity index (χ4n) is 1.44. The Balaban J connectivity index is 2.83. The van der Waals surface area contributed by atoms with Crippen molar-refractivity contribution in [1.82, 2.24) is 10.2 Å². The lowest BCUT2D eigenvalue weighted by molar-refractivity contribution is -0.142. The summed E-state index contributed by atoms with van der Waals surface area (Å²) >= 11 is 0. The molecule has 0 aromatic heterocycles. The van der Waals surface area contributed by atoms with Gasteiger partial charge in [0.25, 0.3) is 0 Å². The third-order valence-corrected chi connectivity index (χ3v) is 2.28. The summed E-state index contributed by atoms with van der Waals surface area (Å²) in [6, 6.07) is -0.621. The van der Waals surface area contributed by atoms with Crippen molar-refractivity contribution in [2.24, 2.45) is 5.92 Å². The van der Waals surface area contributed by atoms with E-state index < -0.39 is 23.8 Å². The number of nitrogens with zero attached hydrogens (tertiary/aromatic N) is 1. The number of carbonyl (C=O) groups is 3. The third-order valence-electron chi connectivity index (χ3n) is 2.28. The first-order valence-electron chi connectivity index (χ1n) is 4.89. The predicted octanol–water partition coefficient (Wildman–Crippen LogP) is 0.667. The van der Waals surface area contributed by atoms with E-state index >= 15 is 0 Å². The van der Waals surface area contributed by atoms with Crippen LogP contribution in [0.25, 0.3) is 0 Å². The standard InChI is InChI=1S/C10H14N2O3/c1-3-5-6-7-8(13)11-10(15)12(4-2)9(7)14/h3,5,7H,4,6H2,1-2H3,(H,11,13,15)/b5-3+. The zero-order valence-corrected chi connectivity index (χ0v) is 8.82. The molecule has 5 nitrogen and oxygen atoms in total. The molecule has 4 amide bonds. The second-order valence-electron chi connectivity index (χ2n) is 3.23. The normalized spacial score (nSPS) is 22.4. The van der Waals surface area contributed by atoms with Crippen LogP contribution in [0.1, 0.15) is 20.3 Å². The fourth-order valence-corrected chi connectivity index (χ4v) is 1.44. The second kappa shape index (κ2) is 4.72. The summed E-state index contributed by atoms with van der Waals surface area (Å²) in [7, 11) is 0. The second-order valence-corrected chi connectivity index (χ2v) is 3.23. The molecule has 1 N–H and O–H groups in total. The molecule has 1 aliphatic rings. The molecule has 15 heavy (non-hydrogen) atoms. The van der Waals surface area contributed by atoms with Crippen LogP contribution in [0, 0.1) is 5.92 Å². The molecular formula is C10H14N2O3. The van der Waals surface area contributed by atoms with Crippen LogP contribution in [0.15, 0.2) is 12.2 Å². The largest absolute Gasteiger partial charge is 0.330 e. The molecule has 0 aromatic carbocycles. The van der Waals surface area contributed by atoms with Crippen molar-refractivity contribution in [3.05, 3.63) is 12.2 Å². The van der Waals surface area contributed by atoms with Crippen molar-refractivity contribution >= 4 is 17.8 Å². The van der Waals surface area contributed by atoms with Crippen LogP contribution in [0.5, 0.6) is 0 Å². The van der Waals surface area contributed by atoms with Gasteiger partial charge in [-0.2, -0.15) is 0 Å². The molecule has 1 fully saturated rings. The summed E-state index contributed by atoms with van der Waals surface area (Å²) in [6.07, 6.45) is 3.85. The van der Waals surface area contributed by atoms with E-state index in [1.807, 2.05) is 6.92 Å². The Labute approximate surface area is 88.1 Å². The van der Waals surface area contributed by atoms with Crippen molar-refractivity contribution in [1.29, 1.82) is 0 Å². The maximum Gasteiger partial charge on any atom is 0.330 e. The lowest BCUT2D eigenvalue weighted by atomic mass is 10.0. The van der Waals surface area contributed by atoms with Gasteiger partial charge in [-0.15, -0.1) is 0 Å². The molecular weight excluding hydrogens is 196 g/mol. The molecule has 1 aliphatic heterocycles. The Morgan fingerprint density at radius 2 is 2.07 bits per heavy atom. The maximum atomic E-state index is 11.7. The number of allylic oxidation sites excluding steroid dienone is 2. The molecule has 5 heteroatoms. The van der Waals surface area contributed by atoms with Crippen LogP contribution in [-0.2, 0) is 9.59 Å². The van der Waals surface area contributed by atoms with Gasteiger partial charge in [-0.25, -0.2) is 4.79 Å². The summed E-state index contributed by atoms with van der Waals surface area (Å²) in [6.45, 7) is 3.79. The van der Waals surface area contributed by atoms with Crippen molar-refractivity contribution in [2.45, 2.75) is 20.3 Å². The van der Waals surface area contributed by atoms with E-state index in [1.165, 1.54) is 0 Å². The minimum atomic E-state index is -0.765. The van der Waals surface area contributed by atoms with Gasteiger partial charge < -0.3 is 0 Å². The number of imide groups is 2. The smallest absolute Gasteiger partial charge is 0.277 e. The third kappa shape index (κ3) is 2.23. The Bertz CT molecular complexity index is 323. The minimum Gasteiger partial charge on any atom is -0.277 e. The monoisotopic (exact) mass is 210 g/mol. The summed E-state index contributed by atoms with van der Waals surface area (Å²) in [5.74, 6) is -1.68. The van der Waals surface area contributed by atoms with Gasteiger partial charge in [0.05, 0.1) is 0 Å². The van der Waals surface area contributed by atoms with Crippen molar-refractivity contribution in [3.8, 4) is 0 Å². The lowest BCUT2D eigenvalue weighted by Crippen LogP contribution is -2.57. The number of hydrogen-bond donors (Lipinski definition) is 1. The van der Waals surface area contributed by atoms with Gasteiger partial charge in [0.2, 0.25) is 11.8 Å². The Morgan fingerprint density at radius 1 is 1.40 bits per heavy atom. The Kier molecular flexibility index (Phi) is 3.60. The van der Waals surface area contributed by atoms with E-state index in [0.717, 1.165) is 4.90 Å². The molecule has 1 heterocycles. The first kappa shape index (κ1) is 11.4. The number of carbonyl (C=O) groups excluding carboxylic acids is 3. The topological polar surface area (TPSA) is 66.5 Å². The highest BCUT2D eigenvalue weighted by Crippen LogP contribution is 2.14. The van der Waals surface area contributed by atoms with Crippen molar-refractivity contribution in [3.63, 3.8) is 0 Å². The molecule has 0 spiro atoms. The quantitative estimate of drug-likeness (QED) is 0.550. The highest BCUT2D eigenvalue weighted by Gasteiger charge is 2.38. The number of rotatable bonds is 3. The molecule has 1 atom stereocenters. The molecule has 1 unspecified atom stereocenters. The highest BCUT2D eigenvalue weighted by molar-refractivity contribution is 6.16. The van der Waals surface area contributed by atoms with E-state index in [2.05, 4.69) is 5.32 Å². The van der Waals surface area contributed by atoms with Crippen LogP contribution in [-0.4, -0.2) is 29.3 Å². The van der Waals surface area contributed by atoms with Crippen molar-refractivity contribution in [2.75, 3.05) is 6.54 Å². The molecule has 0 saturated carbocycles. The van der Waals surface area contributed by atoms with Gasteiger partial charge >= 0.3 is 6.03 Å². The lowest BCUT2D eigenvalue weighted by Gasteiger charge is -2.28. The molecule has 1 saturated heterocycles. The van der Waals surface area contributed by atoms with Crippen LogP contribution < -0.4 is 5.32 Å². The van der Waals surface area contributed by atoms with Gasteiger partial charge in [-0.05, 0) is 20.3 Å². The zero-order valence-electron chi connectivity index (χ0n) is 8.82. The molecule has 1 rings (SSSR count). The van der Waals surface area contributed by atoms with E-state index in [4.69, 9.17) is 0 Å². The van der Waals surface area contributed by atoms with Crippen LogP contribution in [0.4, 0.5) is 4.79 Å². The van der Waals surface area contributed by atoms with Crippen LogP contribution in [0.2, 0.25) is 0 Å². The summed E-state index contributed by atoms with van der Waals surface area (Å²) < 4.78 is 0. The molecule has 82 valence electrons. The van der Waals surface area contributed by atoms with E-state index in [9.17, 15) is 14.4 Å². The first-order valence-corrected chi connectivity index (χ1v) is 4.89. The molecule has 0 aromatic rings. The SMILES string of the molecule is C/C=C/CC1C(=O)NC(=O)N(CC)C1=O. The summed E-state index contributed by atoms with van der Waals surface area (Å²) in [5.41, 5.74) is 0. The predicted molar refractivity (Wildman–Crippen MR) is 53.8 cm³/mol. The average molecular weight is 210 g/mol. The molecule has 0 radical (unpaired) electrons. The highest BCUT2D eigenvalue weighted by atomic mass is 16.2. The first-order chi connectivity index (χ1) is 7.11. The maximum absolute atomic E-state index is 11.7. The zero-order chi connectivity index (χ0) is 11.4. The van der Waals surface area contributed by atoms with Gasteiger partial charge in [0.15, 0.2) is 0 Å². The number of hydrogen-bond acceptors (Lipinski definition) is 3. The Hall–Kier alpha value is -1.65.